The van der Waals surface area contributed by atoms with Gasteiger partial charge in [0, 0.05) is 111 Å². The van der Waals surface area contributed by atoms with Crippen molar-refractivity contribution < 1.29 is 46.6 Å². The molecule has 4 atom stereocenters. The van der Waals surface area contributed by atoms with Crippen LogP contribution >= 0.6 is 0 Å². The molecule has 7 aliphatic heterocycles. The van der Waals surface area contributed by atoms with Crippen LogP contribution in [0.2, 0.25) is 0 Å². The van der Waals surface area contributed by atoms with Crippen LogP contribution in [0.5, 0.6) is 23.1 Å². The molecule has 14 rings (SSSR count). The van der Waals surface area contributed by atoms with E-state index in [0.29, 0.717) is 55.2 Å². The van der Waals surface area contributed by atoms with Gasteiger partial charge in [0.15, 0.2) is 11.4 Å². The summed E-state index contributed by atoms with van der Waals surface area (Å²) >= 11 is 0. The maximum atomic E-state index is 15.0. The Hall–Kier alpha value is -7.40. The lowest BCUT2D eigenvalue weighted by Gasteiger charge is -2.58. The van der Waals surface area contributed by atoms with Gasteiger partial charge in [0.25, 0.3) is 21.6 Å². The van der Waals surface area contributed by atoms with Gasteiger partial charge in [-0.2, -0.15) is 4.98 Å². The van der Waals surface area contributed by atoms with Crippen LogP contribution < -0.4 is 43.7 Å². The van der Waals surface area contributed by atoms with Gasteiger partial charge in [0.05, 0.1) is 58.5 Å². The number of aromatic amines is 1. The Bertz CT molecular complexity index is 3580. The van der Waals surface area contributed by atoms with Crippen molar-refractivity contribution in [1.82, 2.24) is 24.6 Å². The number of sulfonamides is 1. The average molecular weight is 1150 g/mol. The highest BCUT2D eigenvalue weighted by atomic mass is 32.2. The van der Waals surface area contributed by atoms with Crippen LogP contribution in [0.1, 0.15) is 92.7 Å². The molecule has 21 nitrogen and oxygen atoms in total. The minimum atomic E-state index is -4.72. The Kier molecular flexibility index (Phi) is 14.0. The minimum Gasteiger partial charge on any atom is -0.493 e. The summed E-state index contributed by atoms with van der Waals surface area (Å²) in [6, 6.07) is 22.3. The Morgan fingerprint density at radius 1 is 0.892 bits per heavy atom. The number of benzene rings is 3. The minimum absolute atomic E-state index is 0.0236. The van der Waals surface area contributed by atoms with Gasteiger partial charge in [-0.3, -0.25) is 19.8 Å². The molecular formula is C61H70N10O11S. The van der Waals surface area contributed by atoms with Gasteiger partial charge >= 0.3 is 0 Å². The highest BCUT2D eigenvalue weighted by Gasteiger charge is 2.51. The monoisotopic (exact) mass is 1150 g/mol. The fourth-order valence-electron chi connectivity index (χ4n) is 14.3. The Balaban J connectivity index is 0.739. The van der Waals surface area contributed by atoms with Crippen LogP contribution in [0.4, 0.5) is 34.3 Å². The third kappa shape index (κ3) is 10.2. The summed E-state index contributed by atoms with van der Waals surface area (Å²) in [4.78, 5) is 49.1. The number of amides is 1. The van der Waals surface area contributed by atoms with Crippen molar-refractivity contribution in [3.63, 3.8) is 0 Å². The van der Waals surface area contributed by atoms with Crippen molar-refractivity contribution in [3.05, 3.63) is 112 Å². The number of carbonyl (C=O) groups is 1. The van der Waals surface area contributed by atoms with Gasteiger partial charge in [-0.25, -0.2) is 18.1 Å². The molecule has 5 fully saturated rings. The summed E-state index contributed by atoms with van der Waals surface area (Å²) in [5, 5.41) is 16.7. The van der Waals surface area contributed by atoms with E-state index in [1.807, 2.05) is 36.7 Å². The molecule has 3 aromatic carbocycles. The van der Waals surface area contributed by atoms with Gasteiger partial charge in [-0.15, -0.1) is 0 Å². The number of nitro groups is 1. The van der Waals surface area contributed by atoms with Crippen LogP contribution in [0.3, 0.4) is 0 Å². The van der Waals surface area contributed by atoms with Gasteiger partial charge < -0.3 is 53.4 Å². The Morgan fingerprint density at radius 2 is 1.72 bits per heavy atom. The number of anilines is 5. The summed E-state index contributed by atoms with van der Waals surface area (Å²) in [5.74, 6) is 2.45. The number of nitrogens with zero attached hydrogens (tertiary/aromatic N) is 7. The standard InChI is InChI=1S/C61H70N10O11S/c1-37(2)81-52-8-4-3-7-44(52)51-34-68(56-30-53-40(33-63-56)6-5-22-79-53)20-21-69(51)42-31-61(32-42)15-18-67(19-16-61)41-9-10-45(48(27-41)70-47-14-25-78-36-55(47)82-60-50(70)26-39-11-17-62-58(39)65-60)59(72)66-83(75,76)43-28-49(71(73)74)57-54(29-43)80-35-46(64-57)38-12-23-77-24-13-38/h3-4,7-11,17,26-30,33,37-38,42,46-47,51,55,64H,5-6,12-16,18-25,31-32,34-36H2,1-2H3,(H,62,65)(H,66,72)/t46-,47-,51-,55-/m0/s1. The topological polar surface area (TPSA) is 228 Å². The second-order valence-electron chi connectivity index (χ2n) is 24.0. The van der Waals surface area contributed by atoms with Gasteiger partial charge in [0.2, 0.25) is 5.88 Å². The smallest absolute Gasteiger partial charge is 0.297 e. The summed E-state index contributed by atoms with van der Waals surface area (Å²) in [5.41, 5.74) is 4.90. The molecule has 1 spiro atoms. The number of rotatable bonds is 12. The van der Waals surface area contributed by atoms with E-state index in [2.05, 4.69) is 78.8 Å². The fourth-order valence-corrected chi connectivity index (χ4v) is 15.3. The number of ether oxygens (including phenoxy) is 6. The molecule has 1 saturated carbocycles. The highest BCUT2D eigenvalue weighted by molar-refractivity contribution is 7.90. The number of piperidine rings is 1. The largest absolute Gasteiger partial charge is 0.493 e. The average Bonchev–Trinajstić information content (AvgIpc) is 3.80. The number of pyridine rings is 2. The first-order chi connectivity index (χ1) is 40.3. The van der Waals surface area contributed by atoms with E-state index in [1.165, 1.54) is 17.2 Å². The third-order valence-electron chi connectivity index (χ3n) is 18.6. The van der Waals surface area contributed by atoms with Crippen molar-refractivity contribution in [2.75, 3.05) is 92.4 Å². The zero-order valence-corrected chi connectivity index (χ0v) is 47.6. The van der Waals surface area contributed by atoms with Gasteiger partial charge in [-0.1, -0.05) is 18.2 Å². The molecule has 6 aromatic rings. The summed E-state index contributed by atoms with van der Waals surface area (Å²) in [7, 11) is -4.72. The van der Waals surface area contributed by atoms with E-state index in [1.54, 1.807) is 6.07 Å². The molecule has 22 heteroatoms. The van der Waals surface area contributed by atoms with E-state index in [4.69, 9.17) is 38.4 Å². The van der Waals surface area contributed by atoms with E-state index in [9.17, 15) is 23.3 Å². The first-order valence-electron chi connectivity index (χ1n) is 29.5. The number of nitro benzene ring substituents is 1. The Labute approximate surface area is 482 Å². The Morgan fingerprint density at radius 3 is 2.55 bits per heavy atom. The molecular weight excluding hydrogens is 1080 g/mol. The number of para-hydroxylation sites is 1. The molecule has 1 amide bonds. The zero-order chi connectivity index (χ0) is 56.6. The van der Waals surface area contributed by atoms with Crippen molar-refractivity contribution >= 4 is 61.2 Å². The van der Waals surface area contributed by atoms with Crippen LogP contribution in [0.15, 0.2) is 90.1 Å². The van der Waals surface area contributed by atoms with E-state index < -0.39 is 37.5 Å². The van der Waals surface area contributed by atoms with Gasteiger partial charge in [-0.05, 0) is 119 Å². The van der Waals surface area contributed by atoms with E-state index >= 15 is 0 Å². The zero-order valence-electron chi connectivity index (χ0n) is 46.8. The molecule has 436 valence electrons. The molecule has 0 bridgehead atoms. The normalized spacial score (nSPS) is 23.6. The van der Waals surface area contributed by atoms with Crippen LogP contribution in [0.25, 0.3) is 11.0 Å². The van der Waals surface area contributed by atoms with Crippen LogP contribution in [-0.4, -0.2) is 142 Å². The second-order valence-corrected chi connectivity index (χ2v) is 25.6. The molecule has 83 heavy (non-hydrogen) atoms. The van der Waals surface area contributed by atoms with Crippen molar-refractivity contribution in [2.24, 2.45) is 11.3 Å². The highest BCUT2D eigenvalue weighted by Crippen LogP contribution is 2.54. The molecule has 1 aliphatic carbocycles. The molecule has 3 N–H and O–H groups in total. The number of nitrogens with one attached hydrogen (secondary N) is 3. The first-order valence-corrected chi connectivity index (χ1v) is 31.0. The predicted octanol–water partition coefficient (Wildman–Crippen LogP) is 8.70. The molecule has 0 radical (unpaired) electrons. The number of hydrogen-bond acceptors (Lipinski definition) is 18. The fraction of sp³-hybridized carbons (Fsp3) is 0.492. The molecule has 10 heterocycles. The number of piperazine rings is 1. The van der Waals surface area contributed by atoms with Gasteiger partial charge in [0.1, 0.15) is 41.4 Å². The number of H-pyrrole nitrogens is 1. The number of hydrogen-bond donors (Lipinski definition) is 3. The SMILES string of the molecule is CC(C)Oc1ccccc1[C@@H]1CN(c2cc3c(cn2)CCCO3)CCN1C1CC2(CCN(c3ccc(C(=O)NS(=O)(=O)c4cc5c(c([N+](=O)[O-])c4)N[C@H](C4CCOCC4)CO5)c(N4c5cc6cc[nH]c6nc5O[C@H]5COCC[C@@H]54)c3)CC2)C1. The third-order valence-corrected chi connectivity index (χ3v) is 19.9. The van der Waals surface area contributed by atoms with Crippen LogP contribution in [0, 0.1) is 21.4 Å². The molecule has 8 aliphatic rings. The first kappa shape index (κ1) is 53.6. The van der Waals surface area contributed by atoms with E-state index in [-0.39, 0.29) is 65.8 Å². The molecule has 4 saturated heterocycles. The van der Waals surface area contributed by atoms with Crippen molar-refractivity contribution in [3.8, 4) is 23.1 Å². The number of fused-ring (bicyclic) bond motifs is 5. The van der Waals surface area contributed by atoms with Crippen LogP contribution in [-0.2, 0) is 25.9 Å². The molecule has 3 aromatic heterocycles. The quantitative estimate of drug-likeness (QED) is 0.0769. The van der Waals surface area contributed by atoms with Crippen molar-refractivity contribution in [1.29, 1.82) is 0 Å². The summed E-state index contributed by atoms with van der Waals surface area (Å²) in [6.07, 6.45) is 11.6. The maximum absolute atomic E-state index is 15.0. The number of carbonyl (C=O) groups excluding carboxylic acids is 1. The number of aryl methyl sites for hydroxylation is 1. The van der Waals surface area contributed by atoms with Crippen molar-refractivity contribution in [2.45, 2.75) is 113 Å². The lowest BCUT2D eigenvalue weighted by molar-refractivity contribution is -0.384. The summed E-state index contributed by atoms with van der Waals surface area (Å²) < 4.78 is 68.0. The lowest BCUT2D eigenvalue weighted by Crippen LogP contribution is -2.60. The lowest BCUT2D eigenvalue weighted by atomic mass is 9.59. The number of aromatic nitrogens is 3. The summed E-state index contributed by atoms with van der Waals surface area (Å²) in [6.45, 7) is 11.1. The second kappa shape index (κ2) is 21.7. The molecule has 0 unspecified atom stereocenters. The van der Waals surface area contributed by atoms with E-state index in [0.717, 1.165) is 125 Å². The predicted molar refractivity (Wildman–Crippen MR) is 311 cm³/mol. The maximum Gasteiger partial charge on any atom is 0.297 e.